The normalized spacial score (nSPS) is 19.9. The first-order valence-corrected chi connectivity index (χ1v) is 11.7. The van der Waals surface area contributed by atoms with Crippen LogP contribution < -0.4 is 20.0 Å². The lowest BCUT2D eigenvalue weighted by Crippen LogP contribution is -2.66. The van der Waals surface area contributed by atoms with Crippen molar-refractivity contribution in [2.45, 2.75) is 31.6 Å². The highest BCUT2D eigenvalue weighted by Gasteiger charge is 2.42. The number of carbonyl (C=O) groups excluding carboxylic acids is 1. The van der Waals surface area contributed by atoms with Gasteiger partial charge < -0.3 is 24.5 Å². The second kappa shape index (κ2) is 9.78. The number of amidine groups is 1. The van der Waals surface area contributed by atoms with Gasteiger partial charge in [0.15, 0.2) is 5.84 Å². The van der Waals surface area contributed by atoms with Crippen LogP contribution in [0.5, 0.6) is 5.75 Å². The molecule has 0 spiro atoms. The Morgan fingerprint density at radius 2 is 1.87 bits per heavy atom. The van der Waals surface area contributed by atoms with Crippen LogP contribution in [-0.2, 0) is 9.59 Å². The lowest BCUT2D eigenvalue weighted by Gasteiger charge is -2.53. The number of aliphatic carboxylic acids is 1. The Morgan fingerprint density at radius 1 is 1.24 bits per heavy atom. The summed E-state index contributed by atoms with van der Waals surface area (Å²) in [6, 6.07) is 10.3. The number of likely N-dealkylation sites (N-methyl/N-ethyl adjacent to an activating group) is 2. The monoisotopic (exact) mass is 537 g/mol. The van der Waals surface area contributed by atoms with Crippen LogP contribution in [-0.4, -0.2) is 79.3 Å². The number of nitrogens with zero attached hydrogens (tertiary/aromatic N) is 4. The summed E-state index contributed by atoms with van der Waals surface area (Å²) in [6.45, 7) is 6.10. The van der Waals surface area contributed by atoms with Crippen molar-refractivity contribution in [2.24, 2.45) is 5.10 Å². The minimum atomic E-state index is -5.08. The van der Waals surface area contributed by atoms with Crippen molar-refractivity contribution in [3.05, 3.63) is 42.2 Å². The summed E-state index contributed by atoms with van der Waals surface area (Å²) in [6.07, 6.45) is -5.08. The maximum Gasteiger partial charge on any atom is 0.490 e. The molecule has 0 bridgehead atoms. The van der Waals surface area contributed by atoms with E-state index in [4.69, 9.17) is 14.6 Å². The van der Waals surface area contributed by atoms with Crippen LogP contribution >= 0.6 is 0 Å². The molecule has 1 fully saturated rings. The molecule has 13 heteroatoms. The van der Waals surface area contributed by atoms with E-state index in [1.165, 1.54) is 6.07 Å². The number of fused-ring (bicyclic) bond motifs is 3. The number of benzene rings is 2. The molecule has 3 aliphatic heterocycles. The van der Waals surface area contributed by atoms with Crippen molar-refractivity contribution >= 4 is 29.1 Å². The standard InChI is InChI=1S/C23H26FN5O2.C2HF3O2/c1-14-22(30)26-25-21-11-31-20-9-16(15-7-5-6-8-17(15)24)18(10-19(20)29(14)21)28(4)23(2)12-27(3)13-23;3-2(4,5)1(6)7/h5-10,14H,11-13H2,1-4H3,(H,26,30);(H,6,7)/t14-;/m1./s1. The minimum absolute atomic E-state index is 0.0830. The first-order chi connectivity index (χ1) is 17.7. The van der Waals surface area contributed by atoms with E-state index in [-0.39, 0.29) is 23.9 Å². The quantitative estimate of drug-likeness (QED) is 0.580. The van der Waals surface area contributed by atoms with Gasteiger partial charge in [-0.2, -0.15) is 18.3 Å². The van der Waals surface area contributed by atoms with E-state index in [1.807, 2.05) is 37.1 Å². The zero-order valence-electron chi connectivity index (χ0n) is 21.1. The molecule has 5 rings (SSSR count). The number of carboxylic acid groups (broad SMARTS) is 1. The number of anilines is 2. The van der Waals surface area contributed by atoms with Crippen LogP contribution in [0.1, 0.15) is 13.8 Å². The zero-order valence-corrected chi connectivity index (χ0v) is 21.1. The van der Waals surface area contributed by atoms with Gasteiger partial charge in [0.25, 0.3) is 5.91 Å². The first-order valence-electron chi connectivity index (χ1n) is 11.7. The lowest BCUT2D eigenvalue weighted by atomic mass is 9.89. The fraction of sp³-hybridized carbons (Fsp3) is 0.400. The van der Waals surface area contributed by atoms with Crippen LogP contribution in [0, 0.1) is 5.82 Å². The number of nitrogens with one attached hydrogen (secondary N) is 1. The summed E-state index contributed by atoms with van der Waals surface area (Å²) in [5.74, 6) is -1.94. The number of carbonyl (C=O) groups is 2. The Balaban J connectivity index is 0.000000426. The molecule has 0 aromatic heterocycles. The van der Waals surface area contributed by atoms with Crippen LogP contribution in [0.2, 0.25) is 0 Å². The fourth-order valence-corrected chi connectivity index (χ4v) is 4.85. The average Bonchev–Trinajstić information content (AvgIpc) is 2.84. The number of hydrogen-bond acceptors (Lipinski definition) is 7. The molecule has 3 heterocycles. The van der Waals surface area contributed by atoms with Gasteiger partial charge in [-0.15, -0.1) is 0 Å². The molecule has 38 heavy (non-hydrogen) atoms. The number of hydrogen-bond donors (Lipinski definition) is 2. The second-order valence-corrected chi connectivity index (χ2v) is 9.69. The number of ether oxygens (including phenoxy) is 1. The summed E-state index contributed by atoms with van der Waals surface area (Å²) in [7, 11) is 4.13. The van der Waals surface area contributed by atoms with E-state index in [1.54, 1.807) is 12.1 Å². The summed E-state index contributed by atoms with van der Waals surface area (Å²) in [5.41, 5.74) is 5.42. The lowest BCUT2D eigenvalue weighted by molar-refractivity contribution is -0.192. The van der Waals surface area contributed by atoms with Gasteiger partial charge in [-0.25, -0.2) is 14.6 Å². The van der Waals surface area contributed by atoms with Crippen molar-refractivity contribution < 1.29 is 37.0 Å². The van der Waals surface area contributed by atoms with Crippen LogP contribution in [0.3, 0.4) is 0 Å². The van der Waals surface area contributed by atoms with Gasteiger partial charge >= 0.3 is 12.1 Å². The number of rotatable bonds is 3. The number of halogens is 4. The van der Waals surface area contributed by atoms with E-state index >= 15 is 0 Å². The van der Waals surface area contributed by atoms with Gasteiger partial charge in [-0.05, 0) is 39.1 Å². The average molecular weight is 538 g/mol. The Morgan fingerprint density at radius 3 is 2.45 bits per heavy atom. The maximum absolute atomic E-state index is 14.8. The summed E-state index contributed by atoms with van der Waals surface area (Å²) < 4.78 is 52.6. The van der Waals surface area contributed by atoms with Crippen molar-refractivity contribution in [3.8, 4) is 16.9 Å². The molecular formula is C25H27F4N5O4. The molecule has 9 nitrogen and oxygen atoms in total. The number of carboxylic acids is 1. The van der Waals surface area contributed by atoms with Crippen LogP contribution in [0.15, 0.2) is 41.5 Å². The molecular weight excluding hydrogens is 510 g/mol. The molecule has 0 saturated carbocycles. The molecule has 2 aromatic carbocycles. The van der Waals surface area contributed by atoms with Gasteiger partial charge in [-0.3, -0.25) is 4.79 Å². The van der Waals surface area contributed by atoms with Gasteiger partial charge in [0.2, 0.25) is 0 Å². The van der Waals surface area contributed by atoms with Gasteiger partial charge in [0.05, 0.1) is 11.2 Å². The predicted molar refractivity (Wildman–Crippen MR) is 133 cm³/mol. The molecule has 3 aliphatic rings. The van der Waals surface area contributed by atoms with Crippen molar-refractivity contribution in [3.63, 3.8) is 0 Å². The number of alkyl halides is 3. The highest BCUT2D eigenvalue weighted by molar-refractivity contribution is 6.10. The molecule has 1 atom stereocenters. The van der Waals surface area contributed by atoms with Crippen LogP contribution in [0.4, 0.5) is 28.9 Å². The largest absolute Gasteiger partial charge is 0.490 e. The topological polar surface area (TPSA) is 97.7 Å². The van der Waals surface area contributed by atoms with Crippen molar-refractivity contribution in [1.82, 2.24) is 10.3 Å². The predicted octanol–water partition coefficient (Wildman–Crippen LogP) is 3.30. The van der Waals surface area contributed by atoms with E-state index in [0.717, 1.165) is 30.0 Å². The third kappa shape index (κ3) is 4.97. The van der Waals surface area contributed by atoms with E-state index in [2.05, 4.69) is 34.3 Å². The molecule has 1 saturated heterocycles. The number of amides is 1. The molecule has 2 N–H and O–H groups in total. The maximum atomic E-state index is 14.8. The highest BCUT2D eigenvalue weighted by atomic mass is 19.4. The number of hydrazone groups is 1. The Labute approximate surface area is 216 Å². The third-order valence-electron chi connectivity index (χ3n) is 6.83. The third-order valence-corrected chi connectivity index (χ3v) is 6.83. The summed E-state index contributed by atoms with van der Waals surface area (Å²) in [4.78, 5) is 27.6. The minimum Gasteiger partial charge on any atom is -0.483 e. The molecule has 0 radical (unpaired) electrons. The van der Waals surface area contributed by atoms with Crippen molar-refractivity contribution in [1.29, 1.82) is 0 Å². The Kier molecular flexibility index (Phi) is 6.99. The SMILES string of the molecule is C[C@@H]1C(=O)NN=C2COc3cc(-c4ccccc4F)c(N(C)C4(C)CN(C)C4)cc3N21.O=C(O)C(F)(F)F. The first kappa shape index (κ1) is 27.2. The molecule has 0 aliphatic carbocycles. The molecule has 2 aromatic rings. The fourth-order valence-electron chi connectivity index (χ4n) is 4.85. The smallest absolute Gasteiger partial charge is 0.483 e. The zero-order chi connectivity index (χ0) is 28.0. The van der Waals surface area contributed by atoms with E-state index in [9.17, 15) is 22.4 Å². The molecule has 0 unspecified atom stereocenters. The van der Waals surface area contributed by atoms with Gasteiger partial charge in [0, 0.05) is 37.0 Å². The van der Waals surface area contributed by atoms with Crippen LogP contribution in [0.25, 0.3) is 11.1 Å². The van der Waals surface area contributed by atoms with Crippen molar-refractivity contribution in [2.75, 3.05) is 43.6 Å². The van der Waals surface area contributed by atoms with E-state index < -0.39 is 18.2 Å². The number of likely N-dealkylation sites (tertiary alicyclic amines) is 1. The highest BCUT2D eigenvalue weighted by Crippen LogP contribution is 2.46. The van der Waals surface area contributed by atoms with Gasteiger partial charge in [0.1, 0.15) is 24.2 Å². The Bertz CT molecular complexity index is 1290. The van der Waals surface area contributed by atoms with Gasteiger partial charge in [-0.1, -0.05) is 18.2 Å². The Hall–Kier alpha value is -3.87. The second-order valence-electron chi connectivity index (χ2n) is 9.69. The molecule has 1 amide bonds. The van der Waals surface area contributed by atoms with E-state index in [0.29, 0.717) is 17.1 Å². The summed E-state index contributed by atoms with van der Waals surface area (Å²) in [5, 5.41) is 11.3. The molecule has 204 valence electrons. The summed E-state index contributed by atoms with van der Waals surface area (Å²) >= 11 is 0.